The Hall–Kier alpha value is -2.59. The highest BCUT2D eigenvalue weighted by atomic mass is 32.1. The van der Waals surface area contributed by atoms with Gasteiger partial charge in [0, 0.05) is 0 Å². The summed E-state index contributed by atoms with van der Waals surface area (Å²) in [7, 11) is 0. The van der Waals surface area contributed by atoms with Gasteiger partial charge in [0.05, 0.1) is 9.20 Å². The molecule has 3 aromatic rings. The van der Waals surface area contributed by atoms with Crippen LogP contribution in [0.25, 0.3) is 23.8 Å². The van der Waals surface area contributed by atoms with Crippen molar-refractivity contribution in [1.82, 2.24) is 4.98 Å². The van der Waals surface area contributed by atoms with Crippen LogP contribution in [0.15, 0.2) is 53.3 Å². The second kappa shape index (κ2) is 5.42. The zero-order valence-electron chi connectivity index (χ0n) is 11.2. The standard InChI is InChI=1S/C17H13NO2S/c1-11-18-17(20)16(21-11)10-12-3-2-4-14(9-12)13-5-7-15(19)8-6-13/h2-10,19H,1H2,(H,18,20)/b16-10-. The lowest BCUT2D eigenvalue weighted by atomic mass is 10.0. The van der Waals surface area contributed by atoms with Crippen LogP contribution in [-0.2, 0) is 0 Å². The number of aromatic nitrogens is 1. The number of aromatic amines is 1. The highest BCUT2D eigenvalue weighted by Gasteiger charge is 1.99. The first-order valence-electron chi connectivity index (χ1n) is 6.41. The molecule has 3 rings (SSSR count). The fourth-order valence-electron chi connectivity index (χ4n) is 2.10. The fraction of sp³-hybridized carbons (Fsp3) is 0. The zero-order chi connectivity index (χ0) is 14.8. The van der Waals surface area contributed by atoms with E-state index in [1.807, 2.05) is 42.5 Å². The lowest BCUT2D eigenvalue weighted by molar-refractivity contribution is 0.475. The summed E-state index contributed by atoms with van der Waals surface area (Å²) in [5.74, 6) is 0.245. The largest absolute Gasteiger partial charge is 0.508 e. The molecule has 21 heavy (non-hydrogen) atoms. The van der Waals surface area contributed by atoms with Crippen LogP contribution in [0.3, 0.4) is 0 Å². The predicted molar refractivity (Wildman–Crippen MR) is 86.8 cm³/mol. The number of hydrogen-bond donors (Lipinski definition) is 2. The SMILES string of the molecule is C=c1[nH]c(=O)/c(=C/c2cccc(-c3ccc(O)cc3)c2)s1. The highest BCUT2D eigenvalue weighted by Crippen LogP contribution is 2.22. The number of benzene rings is 2. The maximum Gasteiger partial charge on any atom is 0.266 e. The summed E-state index contributed by atoms with van der Waals surface area (Å²) in [5.41, 5.74) is 2.89. The Balaban J connectivity index is 2.07. The first-order chi connectivity index (χ1) is 10.1. The van der Waals surface area contributed by atoms with Crippen LogP contribution >= 0.6 is 11.3 Å². The summed E-state index contributed by atoms with van der Waals surface area (Å²) >= 11 is 1.35. The van der Waals surface area contributed by atoms with E-state index in [0.717, 1.165) is 16.7 Å². The van der Waals surface area contributed by atoms with E-state index in [2.05, 4.69) is 11.6 Å². The monoisotopic (exact) mass is 295 g/mol. The van der Waals surface area contributed by atoms with Gasteiger partial charge in [0.1, 0.15) is 5.75 Å². The Bertz CT molecular complexity index is 936. The van der Waals surface area contributed by atoms with Crippen LogP contribution in [0.2, 0.25) is 0 Å². The van der Waals surface area contributed by atoms with Gasteiger partial charge in [-0.25, -0.2) is 0 Å². The van der Waals surface area contributed by atoms with E-state index in [9.17, 15) is 9.90 Å². The maximum atomic E-state index is 11.7. The Morgan fingerprint density at radius 2 is 1.86 bits per heavy atom. The minimum Gasteiger partial charge on any atom is -0.508 e. The Labute approximate surface area is 125 Å². The van der Waals surface area contributed by atoms with E-state index < -0.39 is 0 Å². The molecule has 0 unspecified atom stereocenters. The molecule has 104 valence electrons. The highest BCUT2D eigenvalue weighted by molar-refractivity contribution is 7.07. The van der Waals surface area contributed by atoms with Crippen LogP contribution in [-0.4, -0.2) is 10.1 Å². The van der Waals surface area contributed by atoms with Crippen LogP contribution in [0.1, 0.15) is 5.56 Å². The molecule has 0 bridgehead atoms. The van der Waals surface area contributed by atoms with E-state index in [0.29, 0.717) is 9.20 Å². The summed E-state index contributed by atoms with van der Waals surface area (Å²) in [4.78, 5) is 14.4. The van der Waals surface area contributed by atoms with Gasteiger partial charge < -0.3 is 10.1 Å². The number of aromatic hydroxyl groups is 1. The Morgan fingerprint density at radius 1 is 1.10 bits per heavy atom. The molecule has 0 saturated heterocycles. The molecular weight excluding hydrogens is 282 g/mol. The van der Waals surface area contributed by atoms with Crippen molar-refractivity contribution in [2.75, 3.05) is 0 Å². The molecule has 4 heteroatoms. The summed E-state index contributed by atoms with van der Waals surface area (Å²) in [6, 6.07) is 14.9. The van der Waals surface area contributed by atoms with Crippen LogP contribution < -0.4 is 14.8 Å². The number of phenols is 1. The van der Waals surface area contributed by atoms with Crippen molar-refractivity contribution < 1.29 is 5.11 Å². The van der Waals surface area contributed by atoms with E-state index in [-0.39, 0.29) is 11.3 Å². The van der Waals surface area contributed by atoms with E-state index in [1.54, 1.807) is 12.1 Å². The van der Waals surface area contributed by atoms with Crippen LogP contribution in [0, 0.1) is 0 Å². The van der Waals surface area contributed by atoms with Crippen molar-refractivity contribution in [3.63, 3.8) is 0 Å². The number of phenolic OH excluding ortho intramolecular Hbond substituents is 1. The van der Waals surface area contributed by atoms with Gasteiger partial charge in [0.2, 0.25) is 0 Å². The average Bonchev–Trinajstić information content (AvgIpc) is 2.78. The summed E-state index contributed by atoms with van der Waals surface area (Å²) in [5, 5.41) is 9.34. The number of rotatable bonds is 2. The topological polar surface area (TPSA) is 53.1 Å². The van der Waals surface area contributed by atoms with Crippen molar-refractivity contribution in [2.24, 2.45) is 0 Å². The van der Waals surface area contributed by atoms with Crippen molar-refractivity contribution >= 4 is 24.0 Å². The van der Waals surface area contributed by atoms with Gasteiger partial charge in [-0.3, -0.25) is 4.79 Å². The molecule has 0 spiro atoms. The van der Waals surface area contributed by atoms with Gasteiger partial charge in [-0.1, -0.05) is 36.9 Å². The number of nitrogens with one attached hydrogen (secondary N) is 1. The molecule has 2 N–H and O–H groups in total. The fourth-order valence-corrected chi connectivity index (χ4v) is 2.85. The van der Waals surface area contributed by atoms with Crippen LogP contribution in [0.4, 0.5) is 0 Å². The van der Waals surface area contributed by atoms with Crippen molar-refractivity contribution in [2.45, 2.75) is 0 Å². The Kier molecular flexibility index (Phi) is 3.46. The molecule has 3 nitrogen and oxygen atoms in total. The molecule has 1 aromatic heterocycles. The number of thiazole rings is 1. The third-order valence-electron chi connectivity index (χ3n) is 3.09. The van der Waals surface area contributed by atoms with E-state index in [1.165, 1.54) is 11.3 Å². The van der Waals surface area contributed by atoms with Crippen LogP contribution in [0.5, 0.6) is 5.75 Å². The molecule has 0 fully saturated rings. The van der Waals surface area contributed by atoms with Gasteiger partial charge in [-0.05, 0) is 41.0 Å². The number of H-pyrrole nitrogens is 1. The first kappa shape index (κ1) is 13.4. The van der Waals surface area contributed by atoms with Gasteiger partial charge in [0.15, 0.2) is 0 Å². The first-order valence-corrected chi connectivity index (χ1v) is 7.23. The zero-order valence-corrected chi connectivity index (χ0v) is 12.0. The average molecular weight is 295 g/mol. The minimum absolute atomic E-state index is 0.111. The predicted octanol–water partition coefficient (Wildman–Crippen LogP) is 2.05. The lowest BCUT2D eigenvalue weighted by Crippen LogP contribution is -2.19. The van der Waals surface area contributed by atoms with Crippen molar-refractivity contribution in [1.29, 1.82) is 0 Å². The van der Waals surface area contributed by atoms with E-state index in [4.69, 9.17) is 0 Å². The number of hydrogen-bond acceptors (Lipinski definition) is 3. The van der Waals surface area contributed by atoms with E-state index >= 15 is 0 Å². The molecule has 0 aliphatic rings. The Morgan fingerprint density at radius 3 is 2.52 bits per heavy atom. The van der Waals surface area contributed by atoms with Crippen molar-refractivity contribution in [3.8, 4) is 16.9 Å². The molecule has 2 aromatic carbocycles. The van der Waals surface area contributed by atoms with Gasteiger partial charge >= 0.3 is 0 Å². The third-order valence-corrected chi connectivity index (χ3v) is 3.97. The normalized spacial score (nSPS) is 11.7. The quantitative estimate of drug-likeness (QED) is 0.760. The summed E-state index contributed by atoms with van der Waals surface area (Å²) in [6.07, 6.45) is 1.85. The van der Waals surface area contributed by atoms with Gasteiger partial charge in [0.25, 0.3) is 5.56 Å². The molecule has 0 saturated carbocycles. The molecular formula is C17H13NO2S. The third kappa shape index (κ3) is 2.95. The minimum atomic E-state index is -0.111. The molecule has 0 radical (unpaired) electrons. The summed E-state index contributed by atoms with van der Waals surface area (Å²) < 4.78 is 1.30. The van der Waals surface area contributed by atoms with Gasteiger partial charge in [-0.15, -0.1) is 11.3 Å². The molecule has 0 amide bonds. The molecule has 0 atom stereocenters. The van der Waals surface area contributed by atoms with Crippen molar-refractivity contribution in [3.05, 3.63) is 73.6 Å². The second-order valence-corrected chi connectivity index (χ2v) is 5.80. The maximum absolute atomic E-state index is 11.7. The second-order valence-electron chi connectivity index (χ2n) is 4.66. The smallest absolute Gasteiger partial charge is 0.266 e. The lowest BCUT2D eigenvalue weighted by Gasteiger charge is -2.03. The summed E-state index contributed by atoms with van der Waals surface area (Å²) in [6.45, 7) is 3.74. The molecule has 0 aliphatic carbocycles. The van der Waals surface area contributed by atoms with Gasteiger partial charge in [-0.2, -0.15) is 0 Å². The molecule has 0 aliphatic heterocycles. The molecule has 1 heterocycles.